The molecule has 1 N–H and O–H groups in total. The molecule has 0 saturated carbocycles. The molecule has 2 rings (SSSR count). The van der Waals surface area contributed by atoms with E-state index >= 15 is 0 Å². The lowest BCUT2D eigenvalue weighted by Gasteiger charge is -2.12. The number of rotatable bonds is 4. The number of hydrogen-bond donors (Lipinski definition) is 1. The Balaban J connectivity index is 2.72. The number of ether oxygens (including phenoxy) is 2. The monoisotopic (exact) mass is 247 g/mol. The second-order valence-corrected chi connectivity index (χ2v) is 3.91. The summed E-state index contributed by atoms with van der Waals surface area (Å²) in [5, 5.41) is 10.7. The highest BCUT2D eigenvalue weighted by molar-refractivity contribution is 5.89. The van der Waals surface area contributed by atoms with Crippen LogP contribution in [-0.4, -0.2) is 23.8 Å². The van der Waals surface area contributed by atoms with Crippen molar-refractivity contribution in [2.75, 3.05) is 13.7 Å². The van der Waals surface area contributed by atoms with Crippen molar-refractivity contribution >= 4 is 10.9 Å². The van der Waals surface area contributed by atoms with Crippen LogP contribution in [0, 0.1) is 0 Å². The van der Waals surface area contributed by atoms with Gasteiger partial charge in [0.1, 0.15) is 11.5 Å². The van der Waals surface area contributed by atoms with Gasteiger partial charge in [-0.15, -0.1) is 0 Å². The normalized spacial score (nSPS) is 10.6. The Labute approximate surface area is 106 Å². The Morgan fingerprint density at radius 3 is 2.67 bits per heavy atom. The molecule has 0 aliphatic rings. The first-order valence-electron chi connectivity index (χ1n) is 6.03. The maximum atomic E-state index is 10.0. The number of hydrogen-bond acceptors (Lipinski definition) is 4. The Bertz CT molecular complexity index is 566. The van der Waals surface area contributed by atoms with Gasteiger partial charge in [-0.25, -0.2) is 4.98 Å². The number of methoxy groups -OCH3 is 1. The lowest BCUT2D eigenvalue weighted by molar-refractivity contribution is 0.325. The van der Waals surface area contributed by atoms with Gasteiger partial charge >= 0.3 is 0 Å². The molecule has 0 fully saturated rings. The van der Waals surface area contributed by atoms with Gasteiger partial charge < -0.3 is 14.6 Å². The van der Waals surface area contributed by atoms with Gasteiger partial charge in [-0.2, -0.15) is 0 Å². The van der Waals surface area contributed by atoms with Crippen LogP contribution < -0.4 is 9.47 Å². The molecule has 2 aromatic rings. The van der Waals surface area contributed by atoms with Gasteiger partial charge in [-0.05, 0) is 25.5 Å². The maximum Gasteiger partial charge on any atom is 0.217 e. The summed E-state index contributed by atoms with van der Waals surface area (Å²) < 4.78 is 10.7. The average Bonchev–Trinajstić information content (AvgIpc) is 2.37. The number of aromatic nitrogens is 1. The molecule has 0 saturated heterocycles. The van der Waals surface area contributed by atoms with E-state index in [0.717, 1.165) is 28.6 Å². The molecule has 4 heteroatoms. The van der Waals surface area contributed by atoms with E-state index in [1.807, 2.05) is 26.0 Å². The van der Waals surface area contributed by atoms with Crippen molar-refractivity contribution in [3.05, 3.63) is 23.8 Å². The number of nitrogens with zero attached hydrogens (tertiary/aromatic N) is 1. The van der Waals surface area contributed by atoms with Crippen LogP contribution in [0.2, 0.25) is 0 Å². The van der Waals surface area contributed by atoms with Crippen LogP contribution >= 0.6 is 0 Å². The van der Waals surface area contributed by atoms with Gasteiger partial charge in [0.15, 0.2) is 0 Å². The van der Waals surface area contributed by atoms with Crippen molar-refractivity contribution in [3.8, 4) is 17.4 Å². The fourth-order valence-corrected chi connectivity index (χ4v) is 2.04. The second-order valence-electron chi connectivity index (χ2n) is 3.91. The van der Waals surface area contributed by atoms with Gasteiger partial charge in [-0.1, -0.05) is 6.92 Å². The molecular weight excluding hydrogens is 230 g/mol. The van der Waals surface area contributed by atoms with Crippen LogP contribution in [0.15, 0.2) is 18.2 Å². The Kier molecular flexibility index (Phi) is 3.55. The highest BCUT2D eigenvalue weighted by Gasteiger charge is 2.12. The van der Waals surface area contributed by atoms with Crippen molar-refractivity contribution in [3.63, 3.8) is 0 Å². The third-order valence-electron chi connectivity index (χ3n) is 2.86. The third kappa shape index (κ3) is 2.06. The highest BCUT2D eigenvalue weighted by Crippen LogP contribution is 2.34. The van der Waals surface area contributed by atoms with Crippen LogP contribution in [-0.2, 0) is 6.42 Å². The molecule has 1 aromatic heterocycles. The molecule has 1 aromatic carbocycles. The van der Waals surface area contributed by atoms with Gasteiger partial charge in [0, 0.05) is 17.0 Å². The number of benzene rings is 1. The van der Waals surface area contributed by atoms with Crippen LogP contribution in [0.4, 0.5) is 0 Å². The Hall–Kier alpha value is -1.97. The number of aryl methyl sites for hydroxylation is 1. The Morgan fingerprint density at radius 1 is 1.28 bits per heavy atom. The molecule has 18 heavy (non-hydrogen) atoms. The zero-order chi connectivity index (χ0) is 13.1. The Morgan fingerprint density at radius 2 is 2.06 bits per heavy atom. The zero-order valence-electron chi connectivity index (χ0n) is 10.9. The quantitative estimate of drug-likeness (QED) is 0.902. The molecule has 0 amide bonds. The van der Waals surface area contributed by atoms with E-state index in [-0.39, 0.29) is 5.75 Å². The molecule has 96 valence electrons. The molecule has 0 bridgehead atoms. The highest BCUT2D eigenvalue weighted by atomic mass is 16.5. The van der Waals surface area contributed by atoms with Crippen LogP contribution in [0.5, 0.6) is 17.4 Å². The molecule has 0 aliphatic heterocycles. The van der Waals surface area contributed by atoms with Crippen molar-refractivity contribution in [1.82, 2.24) is 4.98 Å². The van der Waals surface area contributed by atoms with Crippen molar-refractivity contribution < 1.29 is 14.6 Å². The van der Waals surface area contributed by atoms with E-state index in [2.05, 4.69) is 4.98 Å². The minimum absolute atomic E-state index is 0.181. The molecule has 0 aliphatic carbocycles. The topological polar surface area (TPSA) is 51.6 Å². The summed E-state index contributed by atoms with van der Waals surface area (Å²) in [6, 6.07) is 5.20. The van der Waals surface area contributed by atoms with E-state index in [4.69, 9.17) is 9.47 Å². The van der Waals surface area contributed by atoms with Gasteiger partial charge in [0.2, 0.25) is 5.88 Å². The van der Waals surface area contributed by atoms with Crippen molar-refractivity contribution in [1.29, 1.82) is 0 Å². The van der Waals surface area contributed by atoms with Crippen molar-refractivity contribution in [2.24, 2.45) is 0 Å². The first-order valence-corrected chi connectivity index (χ1v) is 6.03. The number of pyridine rings is 1. The SMILES string of the molecule is CCOc1cc(O)c2ccc(OC)c(CC)c2n1. The molecule has 1 heterocycles. The number of fused-ring (bicyclic) bond motifs is 1. The summed E-state index contributed by atoms with van der Waals surface area (Å²) in [5.74, 6) is 1.40. The molecule has 0 atom stereocenters. The number of aromatic hydroxyl groups is 1. The lowest BCUT2D eigenvalue weighted by atomic mass is 10.1. The first-order chi connectivity index (χ1) is 8.71. The summed E-state index contributed by atoms with van der Waals surface area (Å²) in [6.45, 7) is 4.43. The summed E-state index contributed by atoms with van der Waals surface area (Å²) in [6.07, 6.45) is 0.780. The zero-order valence-corrected chi connectivity index (χ0v) is 10.9. The van der Waals surface area contributed by atoms with Crippen LogP contribution in [0.25, 0.3) is 10.9 Å². The summed E-state index contributed by atoms with van der Waals surface area (Å²) in [4.78, 5) is 4.44. The predicted molar refractivity (Wildman–Crippen MR) is 70.5 cm³/mol. The van der Waals surface area contributed by atoms with Crippen LogP contribution in [0.1, 0.15) is 19.4 Å². The summed E-state index contributed by atoms with van der Waals surface area (Å²) in [7, 11) is 1.63. The molecular formula is C14H17NO3. The molecule has 0 spiro atoms. The smallest absolute Gasteiger partial charge is 0.217 e. The second kappa shape index (κ2) is 5.12. The first kappa shape index (κ1) is 12.5. The van der Waals surface area contributed by atoms with Crippen molar-refractivity contribution in [2.45, 2.75) is 20.3 Å². The van der Waals surface area contributed by atoms with E-state index < -0.39 is 0 Å². The largest absolute Gasteiger partial charge is 0.507 e. The van der Waals surface area contributed by atoms with E-state index in [1.165, 1.54) is 6.07 Å². The van der Waals surface area contributed by atoms with E-state index in [1.54, 1.807) is 7.11 Å². The van der Waals surface area contributed by atoms with Gasteiger partial charge in [0.25, 0.3) is 0 Å². The fraction of sp³-hybridized carbons (Fsp3) is 0.357. The van der Waals surface area contributed by atoms with E-state index in [9.17, 15) is 5.11 Å². The van der Waals surface area contributed by atoms with Crippen LogP contribution in [0.3, 0.4) is 0 Å². The van der Waals surface area contributed by atoms with E-state index in [0.29, 0.717) is 12.5 Å². The maximum absolute atomic E-state index is 10.0. The summed E-state index contributed by atoms with van der Waals surface area (Å²) >= 11 is 0. The van der Waals surface area contributed by atoms with Gasteiger partial charge in [0.05, 0.1) is 19.2 Å². The summed E-state index contributed by atoms with van der Waals surface area (Å²) in [5.41, 5.74) is 1.71. The predicted octanol–water partition coefficient (Wildman–Crippen LogP) is 2.91. The minimum Gasteiger partial charge on any atom is -0.507 e. The average molecular weight is 247 g/mol. The molecule has 4 nitrogen and oxygen atoms in total. The van der Waals surface area contributed by atoms with Gasteiger partial charge in [-0.3, -0.25) is 0 Å². The molecule has 0 unspecified atom stereocenters. The third-order valence-corrected chi connectivity index (χ3v) is 2.86. The minimum atomic E-state index is 0.181. The lowest BCUT2D eigenvalue weighted by Crippen LogP contribution is -1.98. The standard InChI is InChI=1S/C14H17NO3/c1-4-9-12(17-3)7-6-10-11(16)8-13(18-5-2)15-14(9)10/h6-8H,4-5H2,1-3H3,(H,15,16). The fourth-order valence-electron chi connectivity index (χ4n) is 2.04. The molecule has 0 radical (unpaired) electrons.